The van der Waals surface area contributed by atoms with Crippen LogP contribution in [-0.2, 0) is 0 Å². The van der Waals surface area contributed by atoms with Crippen LogP contribution in [0.5, 0.6) is 0 Å². The van der Waals surface area contributed by atoms with Crippen LogP contribution in [0.4, 0.5) is 20.6 Å². The first-order chi connectivity index (χ1) is 10.7. The Bertz CT molecular complexity index is 769. The molecule has 0 aliphatic carbocycles. The minimum Gasteiger partial charge on any atom is -0.308 e. The van der Waals surface area contributed by atoms with Gasteiger partial charge in [0.15, 0.2) is 0 Å². The van der Waals surface area contributed by atoms with E-state index in [4.69, 9.17) is 0 Å². The Hall–Kier alpha value is -3.15. The lowest BCUT2D eigenvalue weighted by atomic mass is 10.3. The molecule has 110 valence electrons. The Balaban J connectivity index is 1.64. The Morgan fingerprint density at radius 1 is 1.00 bits per heavy atom. The Morgan fingerprint density at radius 2 is 1.77 bits per heavy atom. The zero-order valence-electron chi connectivity index (χ0n) is 11.5. The van der Waals surface area contributed by atoms with Crippen LogP contribution in [0.25, 0.3) is 5.69 Å². The molecule has 2 amide bonds. The summed E-state index contributed by atoms with van der Waals surface area (Å²) >= 11 is 0. The fourth-order valence-electron chi connectivity index (χ4n) is 1.98. The number of rotatable bonds is 3. The maximum absolute atomic E-state index is 13.0. The predicted molar refractivity (Wildman–Crippen MR) is 82.6 cm³/mol. The van der Waals surface area contributed by atoms with Gasteiger partial charge in [0.25, 0.3) is 0 Å². The first kappa shape index (κ1) is 13.8. The third kappa shape index (κ3) is 3.29. The van der Waals surface area contributed by atoms with Gasteiger partial charge in [-0.2, -0.15) is 5.10 Å². The zero-order valence-corrected chi connectivity index (χ0v) is 11.5. The normalized spacial score (nSPS) is 10.2. The number of nitrogens with one attached hydrogen (secondary N) is 2. The Morgan fingerprint density at radius 3 is 2.45 bits per heavy atom. The van der Waals surface area contributed by atoms with Crippen LogP contribution in [0.2, 0.25) is 0 Å². The smallest absolute Gasteiger partial charge is 0.308 e. The van der Waals surface area contributed by atoms with Crippen LogP contribution in [0.3, 0.4) is 0 Å². The number of aromatic nitrogens is 2. The van der Waals surface area contributed by atoms with Crippen LogP contribution < -0.4 is 10.6 Å². The largest absolute Gasteiger partial charge is 0.323 e. The zero-order chi connectivity index (χ0) is 15.4. The molecule has 0 bridgehead atoms. The van der Waals surface area contributed by atoms with Crippen LogP contribution >= 0.6 is 0 Å². The Labute approximate surface area is 126 Å². The molecule has 22 heavy (non-hydrogen) atoms. The van der Waals surface area contributed by atoms with E-state index in [1.54, 1.807) is 29.1 Å². The Kier molecular flexibility index (Phi) is 3.82. The summed E-state index contributed by atoms with van der Waals surface area (Å²) < 4.78 is 14.8. The van der Waals surface area contributed by atoms with Crippen molar-refractivity contribution in [1.82, 2.24) is 9.78 Å². The summed E-state index contributed by atoms with van der Waals surface area (Å²) in [5.41, 5.74) is 1.91. The molecule has 1 aromatic heterocycles. The monoisotopic (exact) mass is 296 g/mol. The number of halogens is 1. The summed E-state index contributed by atoms with van der Waals surface area (Å²) in [4.78, 5) is 11.8. The van der Waals surface area contributed by atoms with E-state index in [0.717, 1.165) is 5.69 Å². The molecule has 0 fully saturated rings. The van der Waals surface area contributed by atoms with Crippen LogP contribution in [-0.4, -0.2) is 15.8 Å². The number of amides is 2. The van der Waals surface area contributed by atoms with E-state index in [1.165, 1.54) is 18.2 Å². The first-order valence-electron chi connectivity index (χ1n) is 6.64. The third-order valence-corrected chi connectivity index (χ3v) is 2.98. The van der Waals surface area contributed by atoms with Gasteiger partial charge in [0.1, 0.15) is 5.82 Å². The van der Waals surface area contributed by atoms with E-state index < -0.39 is 11.8 Å². The summed E-state index contributed by atoms with van der Waals surface area (Å²) in [6, 6.07) is 14.3. The quantitative estimate of drug-likeness (QED) is 0.775. The topological polar surface area (TPSA) is 59.0 Å². The highest BCUT2D eigenvalue weighted by Gasteiger charge is 2.04. The second-order valence-electron chi connectivity index (χ2n) is 4.59. The van der Waals surface area contributed by atoms with E-state index in [-0.39, 0.29) is 0 Å². The molecule has 2 aromatic carbocycles. The minimum atomic E-state index is -0.433. The fourth-order valence-corrected chi connectivity index (χ4v) is 1.98. The van der Waals surface area contributed by atoms with Crippen LogP contribution in [0, 0.1) is 5.82 Å². The number of carbonyl (C=O) groups is 1. The van der Waals surface area contributed by atoms with Gasteiger partial charge in [0.05, 0.1) is 5.69 Å². The molecule has 0 unspecified atom stereocenters. The van der Waals surface area contributed by atoms with Gasteiger partial charge in [-0.25, -0.2) is 13.9 Å². The lowest BCUT2D eigenvalue weighted by molar-refractivity contribution is 0.262. The molecule has 0 spiro atoms. The molecule has 0 saturated carbocycles. The standard InChI is InChI=1S/C16H13FN4O/c17-12-3-1-4-14(11-12)20-16(22)19-13-5-7-15(8-6-13)21-10-2-9-18-21/h1-11H,(H2,19,20,22). The number of urea groups is 1. The number of hydrogen-bond donors (Lipinski definition) is 2. The number of benzene rings is 2. The van der Waals surface area contributed by atoms with Gasteiger partial charge in [0, 0.05) is 23.8 Å². The van der Waals surface area contributed by atoms with Crippen LogP contribution in [0.1, 0.15) is 0 Å². The van der Waals surface area contributed by atoms with Gasteiger partial charge in [-0.1, -0.05) is 6.07 Å². The molecule has 0 aliphatic heterocycles. The number of anilines is 2. The molecule has 6 heteroatoms. The summed E-state index contributed by atoms with van der Waals surface area (Å²) in [6.45, 7) is 0. The third-order valence-electron chi connectivity index (χ3n) is 2.98. The van der Waals surface area contributed by atoms with E-state index >= 15 is 0 Å². The minimum absolute atomic E-state index is 0.394. The molecule has 3 rings (SSSR count). The highest BCUT2D eigenvalue weighted by atomic mass is 19.1. The lowest BCUT2D eigenvalue weighted by Crippen LogP contribution is -2.19. The molecular formula is C16H13FN4O. The molecule has 0 saturated heterocycles. The fraction of sp³-hybridized carbons (Fsp3) is 0. The van der Waals surface area contributed by atoms with Gasteiger partial charge in [-0.3, -0.25) is 0 Å². The molecule has 2 N–H and O–H groups in total. The number of carbonyl (C=O) groups excluding carboxylic acids is 1. The van der Waals surface area contributed by atoms with Gasteiger partial charge >= 0.3 is 6.03 Å². The summed E-state index contributed by atoms with van der Waals surface area (Å²) in [5.74, 6) is -0.402. The molecule has 0 atom stereocenters. The van der Waals surface area contributed by atoms with E-state index in [0.29, 0.717) is 11.4 Å². The summed E-state index contributed by atoms with van der Waals surface area (Å²) in [7, 11) is 0. The molecule has 1 heterocycles. The van der Waals surface area contributed by atoms with Crippen molar-refractivity contribution < 1.29 is 9.18 Å². The summed E-state index contributed by atoms with van der Waals surface area (Å²) in [5, 5.41) is 9.37. The summed E-state index contributed by atoms with van der Waals surface area (Å²) in [6.07, 6.45) is 3.53. The maximum atomic E-state index is 13.0. The van der Waals surface area contributed by atoms with Gasteiger partial charge in [-0.15, -0.1) is 0 Å². The van der Waals surface area contributed by atoms with E-state index in [1.807, 2.05) is 24.4 Å². The predicted octanol–water partition coefficient (Wildman–Crippen LogP) is 3.66. The van der Waals surface area contributed by atoms with Crippen molar-refractivity contribution in [3.8, 4) is 5.69 Å². The van der Waals surface area contributed by atoms with Crippen molar-refractivity contribution in [2.24, 2.45) is 0 Å². The number of hydrogen-bond acceptors (Lipinski definition) is 2. The molecule has 0 aliphatic rings. The first-order valence-corrected chi connectivity index (χ1v) is 6.64. The molecule has 0 radical (unpaired) electrons. The van der Waals surface area contributed by atoms with Crippen molar-refractivity contribution >= 4 is 17.4 Å². The van der Waals surface area contributed by atoms with Crippen molar-refractivity contribution in [1.29, 1.82) is 0 Å². The van der Waals surface area contributed by atoms with E-state index in [9.17, 15) is 9.18 Å². The SMILES string of the molecule is O=C(Nc1ccc(-n2cccn2)cc1)Nc1cccc(F)c1. The average Bonchev–Trinajstić information content (AvgIpc) is 3.02. The van der Waals surface area contributed by atoms with Gasteiger partial charge in [0.2, 0.25) is 0 Å². The molecule has 5 nitrogen and oxygen atoms in total. The van der Waals surface area contributed by atoms with Crippen LogP contribution in [0.15, 0.2) is 67.0 Å². The average molecular weight is 296 g/mol. The second kappa shape index (κ2) is 6.09. The molecular weight excluding hydrogens is 283 g/mol. The lowest BCUT2D eigenvalue weighted by Gasteiger charge is -2.08. The highest BCUT2D eigenvalue weighted by molar-refractivity contribution is 5.99. The molecule has 3 aromatic rings. The highest BCUT2D eigenvalue weighted by Crippen LogP contribution is 2.14. The van der Waals surface area contributed by atoms with Gasteiger partial charge in [-0.05, 0) is 48.5 Å². The second-order valence-corrected chi connectivity index (χ2v) is 4.59. The number of nitrogens with zero attached hydrogens (tertiary/aromatic N) is 2. The van der Waals surface area contributed by atoms with Crippen molar-refractivity contribution in [2.45, 2.75) is 0 Å². The van der Waals surface area contributed by atoms with Gasteiger partial charge < -0.3 is 10.6 Å². The maximum Gasteiger partial charge on any atom is 0.323 e. The van der Waals surface area contributed by atoms with Crippen molar-refractivity contribution in [3.63, 3.8) is 0 Å². The van der Waals surface area contributed by atoms with E-state index in [2.05, 4.69) is 15.7 Å². The van der Waals surface area contributed by atoms with Crippen molar-refractivity contribution in [2.75, 3.05) is 10.6 Å². The van der Waals surface area contributed by atoms with Crippen molar-refractivity contribution in [3.05, 3.63) is 72.8 Å².